The molecule has 44 heavy (non-hydrogen) atoms. The molecule has 8 heteroatoms. The van der Waals surface area contributed by atoms with Crippen LogP contribution in [0.15, 0.2) is 139 Å². The third-order valence-corrected chi connectivity index (χ3v) is 7.69. The summed E-state index contributed by atoms with van der Waals surface area (Å²) >= 11 is 6.17. The summed E-state index contributed by atoms with van der Waals surface area (Å²) in [5.74, 6) is 0.413. The summed E-state index contributed by atoms with van der Waals surface area (Å²) in [5, 5.41) is 0.562. The number of aromatic nitrogens is 5. The van der Waals surface area contributed by atoms with Crippen molar-refractivity contribution < 1.29 is 4.79 Å². The summed E-state index contributed by atoms with van der Waals surface area (Å²) in [4.78, 5) is 40.8. The molecule has 3 aromatic heterocycles. The highest BCUT2D eigenvalue weighted by molar-refractivity contribution is 6.30. The first-order chi connectivity index (χ1) is 21.5. The van der Waals surface area contributed by atoms with Gasteiger partial charge in [-0.05, 0) is 59.2 Å². The van der Waals surface area contributed by atoms with E-state index in [2.05, 4.69) is 22.1 Å². The maximum Gasteiger partial charge on any atom is 0.286 e. The van der Waals surface area contributed by atoms with Crippen molar-refractivity contribution in [2.45, 2.75) is 6.42 Å². The van der Waals surface area contributed by atoms with Crippen molar-refractivity contribution in [3.63, 3.8) is 0 Å². The number of hydrogen-bond acceptors (Lipinski definition) is 5. The van der Waals surface area contributed by atoms with Gasteiger partial charge in [0, 0.05) is 40.7 Å². The van der Waals surface area contributed by atoms with Crippen LogP contribution in [0, 0.1) is 0 Å². The summed E-state index contributed by atoms with van der Waals surface area (Å²) in [6, 6.07) is 36.0. The summed E-state index contributed by atoms with van der Waals surface area (Å²) in [6.45, 7) is 0. The summed E-state index contributed by atoms with van der Waals surface area (Å²) in [6.07, 6.45) is 5.17. The summed E-state index contributed by atoms with van der Waals surface area (Å²) < 4.78 is 3.30. The third-order valence-electron chi connectivity index (χ3n) is 7.44. The molecule has 7 aromatic rings. The molecule has 0 bridgehead atoms. The Bertz CT molecular complexity index is 2170. The van der Waals surface area contributed by atoms with Crippen molar-refractivity contribution in [2.75, 3.05) is 0 Å². The largest absolute Gasteiger partial charge is 0.294 e. The molecule has 4 aromatic carbocycles. The van der Waals surface area contributed by atoms with E-state index in [-0.39, 0.29) is 23.3 Å². The van der Waals surface area contributed by atoms with Gasteiger partial charge in [-0.3, -0.25) is 23.7 Å². The maximum absolute atomic E-state index is 14.1. The highest BCUT2D eigenvalue weighted by Gasteiger charge is 2.20. The molecule has 0 spiro atoms. The zero-order chi connectivity index (χ0) is 30.0. The molecule has 0 saturated heterocycles. The Morgan fingerprint density at radius 2 is 1.50 bits per heavy atom. The van der Waals surface area contributed by atoms with Crippen LogP contribution in [0.4, 0.5) is 0 Å². The molecule has 0 radical (unpaired) electrons. The lowest BCUT2D eigenvalue weighted by Crippen LogP contribution is -2.22. The summed E-state index contributed by atoms with van der Waals surface area (Å²) in [7, 11) is 0. The van der Waals surface area contributed by atoms with Crippen LogP contribution < -0.4 is 5.56 Å². The number of nitrogens with zero attached hydrogens (tertiary/aromatic N) is 5. The first-order valence-corrected chi connectivity index (χ1v) is 14.4. The van der Waals surface area contributed by atoms with Gasteiger partial charge >= 0.3 is 0 Å². The Kier molecular flexibility index (Phi) is 7.14. The molecule has 0 aliphatic carbocycles. The van der Waals surface area contributed by atoms with Gasteiger partial charge in [0.15, 0.2) is 16.9 Å². The molecular weight excluding hydrogens is 570 g/mol. The van der Waals surface area contributed by atoms with Crippen LogP contribution in [0.2, 0.25) is 5.02 Å². The number of imidazole rings is 1. The molecule has 0 aliphatic heterocycles. The van der Waals surface area contributed by atoms with Crippen molar-refractivity contribution in [1.82, 2.24) is 24.1 Å². The minimum atomic E-state index is -0.318. The molecule has 0 atom stereocenters. The Hall–Kier alpha value is -5.66. The molecular formula is C36H24ClN5O2. The SMILES string of the molecule is O=C(Cc1cccnc1)c1cccc(-n2cnc3c(=O)n(-c4ccc(Cl)cc4)c(-c4ccc(-c5ccccc5)cc4)nc32)c1. The van der Waals surface area contributed by atoms with Crippen molar-refractivity contribution in [2.24, 2.45) is 0 Å². The lowest BCUT2D eigenvalue weighted by atomic mass is 10.0. The van der Waals surface area contributed by atoms with E-state index in [1.54, 1.807) is 64.3 Å². The van der Waals surface area contributed by atoms with Gasteiger partial charge in [0.1, 0.15) is 12.2 Å². The van der Waals surface area contributed by atoms with Crippen molar-refractivity contribution in [1.29, 1.82) is 0 Å². The molecule has 0 aliphatic rings. The molecule has 7 rings (SSSR count). The van der Waals surface area contributed by atoms with Crippen LogP contribution in [-0.4, -0.2) is 29.9 Å². The number of Topliss-reactive ketones (excluding diaryl/α,β-unsaturated/α-hetero) is 1. The lowest BCUT2D eigenvalue weighted by Gasteiger charge is -2.14. The van der Waals surface area contributed by atoms with E-state index < -0.39 is 0 Å². The van der Waals surface area contributed by atoms with Gasteiger partial charge in [0.05, 0.1) is 5.69 Å². The number of rotatable bonds is 7. The second-order valence-electron chi connectivity index (χ2n) is 10.3. The maximum atomic E-state index is 14.1. The number of hydrogen-bond donors (Lipinski definition) is 0. The van der Waals surface area contributed by atoms with Gasteiger partial charge in [-0.25, -0.2) is 9.97 Å². The zero-order valence-electron chi connectivity index (χ0n) is 23.3. The van der Waals surface area contributed by atoms with Crippen molar-refractivity contribution in [3.05, 3.63) is 160 Å². The fraction of sp³-hybridized carbons (Fsp3) is 0.0278. The van der Waals surface area contributed by atoms with Gasteiger partial charge in [0.2, 0.25) is 0 Å². The van der Waals surface area contributed by atoms with E-state index in [0.29, 0.717) is 33.4 Å². The van der Waals surface area contributed by atoms with Crippen LogP contribution in [-0.2, 0) is 6.42 Å². The number of benzene rings is 4. The highest BCUT2D eigenvalue weighted by Crippen LogP contribution is 2.27. The molecule has 0 amide bonds. The third kappa shape index (κ3) is 5.21. The van der Waals surface area contributed by atoms with Crippen LogP contribution in [0.3, 0.4) is 0 Å². The van der Waals surface area contributed by atoms with E-state index in [1.807, 2.05) is 66.7 Å². The van der Waals surface area contributed by atoms with Crippen LogP contribution in [0.1, 0.15) is 15.9 Å². The van der Waals surface area contributed by atoms with Crippen LogP contribution in [0.5, 0.6) is 0 Å². The first kappa shape index (κ1) is 27.2. The van der Waals surface area contributed by atoms with Gasteiger partial charge in [0.25, 0.3) is 5.56 Å². The number of fused-ring (bicyclic) bond motifs is 1. The highest BCUT2D eigenvalue weighted by atomic mass is 35.5. The molecule has 0 saturated carbocycles. The first-order valence-electron chi connectivity index (χ1n) is 14.0. The monoisotopic (exact) mass is 593 g/mol. The van der Waals surface area contributed by atoms with E-state index in [9.17, 15) is 9.59 Å². The van der Waals surface area contributed by atoms with Crippen molar-refractivity contribution >= 4 is 28.5 Å². The van der Waals surface area contributed by atoms with Gasteiger partial charge < -0.3 is 0 Å². The quantitative estimate of drug-likeness (QED) is 0.180. The van der Waals surface area contributed by atoms with E-state index in [4.69, 9.17) is 16.6 Å². The average Bonchev–Trinajstić information content (AvgIpc) is 3.51. The average molecular weight is 594 g/mol. The Morgan fingerprint density at radius 1 is 0.750 bits per heavy atom. The lowest BCUT2D eigenvalue weighted by molar-refractivity contribution is 0.0993. The fourth-order valence-electron chi connectivity index (χ4n) is 5.23. The number of carbonyl (C=O) groups is 1. The van der Waals surface area contributed by atoms with E-state index in [0.717, 1.165) is 22.3 Å². The zero-order valence-corrected chi connectivity index (χ0v) is 24.1. The minimum Gasteiger partial charge on any atom is -0.294 e. The number of halogens is 1. The normalized spacial score (nSPS) is 11.1. The van der Waals surface area contributed by atoms with Crippen LogP contribution >= 0.6 is 11.6 Å². The molecule has 212 valence electrons. The molecule has 0 unspecified atom stereocenters. The fourth-order valence-corrected chi connectivity index (χ4v) is 5.35. The van der Waals surface area contributed by atoms with Gasteiger partial charge in [-0.15, -0.1) is 0 Å². The number of pyridine rings is 1. The Morgan fingerprint density at radius 3 is 2.25 bits per heavy atom. The standard InChI is InChI=1S/C36H24ClN5O2/c37-29-15-17-30(18-16-29)42-34(27-13-11-26(12-14-27)25-7-2-1-3-8-25)40-35-33(36(42)44)39-23-41(35)31-10-4-9-28(21-31)32(43)20-24-6-5-19-38-22-24/h1-19,21-23H,20H2. The second kappa shape index (κ2) is 11.6. The van der Waals surface area contributed by atoms with Gasteiger partial charge in [-0.1, -0.05) is 84.4 Å². The van der Waals surface area contributed by atoms with Crippen molar-refractivity contribution in [3.8, 4) is 33.9 Å². The van der Waals surface area contributed by atoms with Gasteiger partial charge in [-0.2, -0.15) is 0 Å². The molecule has 3 heterocycles. The van der Waals surface area contributed by atoms with Crippen LogP contribution in [0.25, 0.3) is 45.1 Å². The predicted octanol–water partition coefficient (Wildman–Crippen LogP) is 7.38. The summed E-state index contributed by atoms with van der Waals surface area (Å²) in [5.41, 5.74) is 5.84. The van der Waals surface area contributed by atoms with E-state index >= 15 is 0 Å². The Balaban J connectivity index is 1.35. The number of carbonyl (C=O) groups excluding carboxylic acids is 1. The predicted molar refractivity (Wildman–Crippen MR) is 173 cm³/mol. The molecule has 0 fully saturated rings. The molecule has 7 nitrogen and oxygen atoms in total. The minimum absolute atomic E-state index is 0.0403. The van der Waals surface area contributed by atoms with E-state index in [1.165, 1.54) is 0 Å². The number of ketones is 1. The molecule has 0 N–H and O–H groups in total. The smallest absolute Gasteiger partial charge is 0.286 e. The Labute approximate surface area is 257 Å². The second-order valence-corrected chi connectivity index (χ2v) is 10.7. The topological polar surface area (TPSA) is 82.7 Å².